The number of hydrogen-bond donors (Lipinski definition) is 1. The van der Waals surface area contributed by atoms with Crippen LogP contribution in [-0.2, 0) is 5.41 Å². The van der Waals surface area contributed by atoms with Gasteiger partial charge in [0.15, 0.2) is 0 Å². The average Bonchev–Trinajstić information content (AvgIpc) is 3.04. The normalized spacial score (nSPS) is 33.6. The molecule has 1 nitrogen and oxygen atoms in total. The molecule has 2 atom stereocenters. The van der Waals surface area contributed by atoms with E-state index < -0.39 is 0 Å². The predicted octanol–water partition coefficient (Wildman–Crippen LogP) is 3.54. The van der Waals surface area contributed by atoms with Gasteiger partial charge in [0.2, 0.25) is 0 Å². The third-order valence-corrected chi connectivity index (χ3v) is 5.04. The average molecular weight is 229 g/mol. The lowest BCUT2D eigenvalue weighted by atomic mass is 9.72. The Kier molecular flexibility index (Phi) is 2.74. The van der Waals surface area contributed by atoms with Gasteiger partial charge in [-0.25, -0.2) is 0 Å². The number of rotatable bonds is 2. The van der Waals surface area contributed by atoms with Crippen LogP contribution in [0.4, 0.5) is 0 Å². The molecule has 0 bridgehead atoms. The van der Waals surface area contributed by atoms with Gasteiger partial charge in [0.1, 0.15) is 0 Å². The minimum atomic E-state index is 0.339. The van der Waals surface area contributed by atoms with E-state index in [1.165, 1.54) is 44.1 Å². The van der Waals surface area contributed by atoms with Crippen LogP contribution in [-0.4, -0.2) is 6.04 Å². The third kappa shape index (κ3) is 1.72. The molecular formula is C16H23N. The van der Waals surface area contributed by atoms with Gasteiger partial charge in [-0.1, -0.05) is 43.5 Å². The minimum absolute atomic E-state index is 0.339. The smallest absolute Gasteiger partial charge is 0.0150 e. The molecule has 1 unspecified atom stereocenters. The molecule has 0 heterocycles. The molecule has 2 saturated carbocycles. The second-order valence-corrected chi connectivity index (χ2v) is 6.00. The SMILES string of the molecule is Cc1ccccc1C1(C2CCCCC2)C[C@H]1N. The zero-order valence-corrected chi connectivity index (χ0v) is 10.8. The van der Waals surface area contributed by atoms with Gasteiger partial charge in [-0.05, 0) is 43.2 Å². The summed E-state index contributed by atoms with van der Waals surface area (Å²) in [6.07, 6.45) is 8.23. The van der Waals surface area contributed by atoms with Crippen LogP contribution in [0.2, 0.25) is 0 Å². The number of hydrogen-bond acceptors (Lipinski definition) is 1. The lowest BCUT2D eigenvalue weighted by Crippen LogP contribution is -2.30. The summed E-state index contributed by atoms with van der Waals surface area (Å²) in [5, 5.41) is 0. The van der Waals surface area contributed by atoms with Crippen molar-refractivity contribution in [1.82, 2.24) is 0 Å². The van der Waals surface area contributed by atoms with E-state index in [-0.39, 0.29) is 0 Å². The minimum Gasteiger partial charge on any atom is -0.327 e. The first-order valence-electron chi connectivity index (χ1n) is 7.07. The monoisotopic (exact) mass is 229 g/mol. The Morgan fingerprint density at radius 1 is 1.12 bits per heavy atom. The van der Waals surface area contributed by atoms with Crippen LogP contribution in [0.1, 0.15) is 49.7 Å². The second kappa shape index (κ2) is 4.13. The Morgan fingerprint density at radius 3 is 2.35 bits per heavy atom. The summed E-state index contributed by atoms with van der Waals surface area (Å²) in [5.74, 6) is 0.840. The van der Waals surface area contributed by atoms with E-state index in [9.17, 15) is 0 Å². The number of benzene rings is 1. The summed E-state index contributed by atoms with van der Waals surface area (Å²) in [6, 6.07) is 9.28. The largest absolute Gasteiger partial charge is 0.327 e. The quantitative estimate of drug-likeness (QED) is 0.824. The summed E-state index contributed by atoms with van der Waals surface area (Å²) in [7, 11) is 0. The highest BCUT2D eigenvalue weighted by molar-refractivity contribution is 5.42. The Hall–Kier alpha value is -0.820. The zero-order chi connectivity index (χ0) is 11.9. The predicted molar refractivity (Wildman–Crippen MR) is 72.0 cm³/mol. The molecule has 1 heteroatoms. The van der Waals surface area contributed by atoms with Crippen LogP contribution < -0.4 is 5.73 Å². The fourth-order valence-corrected chi connectivity index (χ4v) is 4.02. The van der Waals surface area contributed by atoms with Crippen LogP contribution in [0.3, 0.4) is 0 Å². The molecule has 1 aromatic carbocycles. The van der Waals surface area contributed by atoms with E-state index >= 15 is 0 Å². The van der Waals surface area contributed by atoms with E-state index in [4.69, 9.17) is 5.73 Å². The number of aryl methyl sites for hydroxylation is 1. The van der Waals surface area contributed by atoms with Crippen molar-refractivity contribution in [3.63, 3.8) is 0 Å². The van der Waals surface area contributed by atoms with E-state index in [0.717, 1.165) is 5.92 Å². The van der Waals surface area contributed by atoms with Crippen molar-refractivity contribution in [3.8, 4) is 0 Å². The maximum absolute atomic E-state index is 6.33. The first kappa shape index (κ1) is 11.3. The molecule has 2 aliphatic carbocycles. The lowest BCUT2D eigenvalue weighted by Gasteiger charge is -2.32. The molecule has 0 amide bonds. The Balaban J connectivity index is 1.95. The van der Waals surface area contributed by atoms with Gasteiger partial charge in [-0.3, -0.25) is 0 Å². The molecule has 2 N–H and O–H groups in total. The highest BCUT2D eigenvalue weighted by Crippen LogP contribution is 2.57. The molecule has 2 fully saturated rings. The van der Waals surface area contributed by atoms with Gasteiger partial charge < -0.3 is 5.73 Å². The molecule has 17 heavy (non-hydrogen) atoms. The summed E-state index contributed by atoms with van der Waals surface area (Å²) in [4.78, 5) is 0. The van der Waals surface area contributed by atoms with Gasteiger partial charge in [0.05, 0.1) is 0 Å². The van der Waals surface area contributed by atoms with Crippen LogP contribution in [0.15, 0.2) is 24.3 Å². The van der Waals surface area contributed by atoms with E-state index in [0.29, 0.717) is 11.5 Å². The fourth-order valence-electron chi connectivity index (χ4n) is 4.02. The van der Waals surface area contributed by atoms with Gasteiger partial charge in [0.25, 0.3) is 0 Å². The Labute approximate surface area is 104 Å². The summed E-state index contributed by atoms with van der Waals surface area (Å²) in [5.41, 5.74) is 9.65. The van der Waals surface area contributed by atoms with Crippen molar-refractivity contribution in [3.05, 3.63) is 35.4 Å². The van der Waals surface area contributed by atoms with Crippen molar-refractivity contribution in [2.75, 3.05) is 0 Å². The van der Waals surface area contributed by atoms with Gasteiger partial charge in [-0.15, -0.1) is 0 Å². The fraction of sp³-hybridized carbons (Fsp3) is 0.625. The van der Waals surface area contributed by atoms with Gasteiger partial charge in [0, 0.05) is 11.5 Å². The first-order valence-corrected chi connectivity index (χ1v) is 7.07. The van der Waals surface area contributed by atoms with E-state index in [2.05, 4.69) is 31.2 Å². The number of nitrogens with two attached hydrogens (primary N) is 1. The topological polar surface area (TPSA) is 26.0 Å². The maximum atomic E-state index is 6.33. The van der Waals surface area contributed by atoms with Crippen LogP contribution in [0, 0.1) is 12.8 Å². The first-order chi connectivity index (χ1) is 8.25. The maximum Gasteiger partial charge on any atom is 0.0150 e. The Morgan fingerprint density at radius 2 is 1.76 bits per heavy atom. The second-order valence-electron chi connectivity index (χ2n) is 6.00. The molecular weight excluding hydrogens is 206 g/mol. The van der Waals surface area contributed by atoms with E-state index in [1.54, 1.807) is 5.56 Å². The molecule has 0 aromatic heterocycles. The van der Waals surface area contributed by atoms with Crippen molar-refractivity contribution in [2.45, 2.75) is 56.9 Å². The molecule has 0 aliphatic heterocycles. The lowest BCUT2D eigenvalue weighted by molar-refractivity contribution is 0.283. The Bertz CT molecular complexity index is 406. The summed E-state index contributed by atoms with van der Waals surface area (Å²) in [6.45, 7) is 2.24. The van der Waals surface area contributed by atoms with Crippen molar-refractivity contribution in [1.29, 1.82) is 0 Å². The molecule has 3 rings (SSSR count). The molecule has 0 radical (unpaired) electrons. The standard InChI is InChI=1S/C16H23N/c1-12-7-5-6-10-14(12)16(11-15(16)17)13-8-3-2-4-9-13/h5-7,10,13,15H,2-4,8-9,11,17H2,1H3/t15-,16?/m1/s1. The molecule has 92 valence electrons. The summed E-state index contributed by atoms with van der Waals surface area (Å²) >= 11 is 0. The summed E-state index contributed by atoms with van der Waals surface area (Å²) < 4.78 is 0. The molecule has 1 aromatic rings. The molecule has 2 aliphatic rings. The van der Waals surface area contributed by atoms with Gasteiger partial charge in [-0.2, -0.15) is 0 Å². The van der Waals surface area contributed by atoms with Crippen molar-refractivity contribution >= 4 is 0 Å². The zero-order valence-electron chi connectivity index (χ0n) is 10.8. The molecule has 0 saturated heterocycles. The van der Waals surface area contributed by atoms with Crippen molar-refractivity contribution < 1.29 is 0 Å². The van der Waals surface area contributed by atoms with Crippen LogP contribution in [0.25, 0.3) is 0 Å². The highest BCUT2D eigenvalue weighted by atomic mass is 14.8. The molecule has 0 spiro atoms. The van der Waals surface area contributed by atoms with Crippen LogP contribution >= 0.6 is 0 Å². The highest BCUT2D eigenvalue weighted by Gasteiger charge is 2.58. The third-order valence-electron chi connectivity index (χ3n) is 5.04. The van der Waals surface area contributed by atoms with Crippen molar-refractivity contribution in [2.24, 2.45) is 11.7 Å². The van der Waals surface area contributed by atoms with Gasteiger partial charge >= 0.3 is 0 Å². The van der Waals surface area contributed by atoms with Crippen LogP contribution in [0.5, 0.6) is 0 Å². The van der Waals surface area contributed by atoms with E-state index in [1.807, 2.05) is 0 Å².